The summed E-state index contributed by atoms with van der Waals surface area (Å²) in [7, 11) is 2.18. The first-order chi connectivity index (χ1) is 12.5. The van der Waals surface area contributed by atoms with Gasteiger partial charge in [0.15, 0.2) is 0 Å². The van der Waals surface area contributed by atoms with E-state index in [1.807, 2.05) is 11.8 Å². The summed E-state index contributed by atoms with van der Waals surface area (Å²) in [5.41, 5.74) is 1.20. The molecular weight excluding hydrogens is 330 g/mol. The molecule has 0 aromatic carbocycles. The van der Waals surface area contributed by atoms with Gasteiger partial charge in [0, 0.05) is 45.5 Å². The first kappa shape index (κ1) is 19.2. The molecule has 26 heavy (non-hydrogen) atoms. The van der Waals surface area contributed by atoms with Crippen LogP contribution < -0.4 is 0 Å². The Hall–Kier alpha value is -1.57. The maximum atomic E-state index is 12.8. The van der Waals surface area contributed by atoms with Crippen molar-refractivity contribution in [2.75, 3.05) is 59.5 Å². The molecular formula is C19H31N5O2. The van der Waals surface area contributed by atoms with Crippen LogP contribution in [0.3, 0.4) is 0 Å². The van der Waals surface area contributed by atoms with E-state index in [1.54, 1.807) is 12.4 Å². The van der Waals surface area contributed by atoms with Crippen molar-refractivity contribution in [2.24, 2.45) is 11.8 Å². The van der Waals surface area contributed by atoms with Gasteiger partial charge in [0.1, 0.15) is 5.69 Å². The molecule has 0 spiro atoms. The maximum Gasteiger partial charge on any atom is 0.274 e. The number of aromatic nitrogens is 2. The topological polar surface area (TPSA) is 72.8 Å². The third-order valence-electron chi connectivity index (χ3n) is 5.50. The van der Waals surface area contributed by atoms with E-state index in [1.165, 1.54) is 6.42 Å². The van der Waals surface area contributed by atoms with Crippen LogP contribution in [0.4, 0.5) is 0 Å². The lowest BCUT2D eigenvalue weighted by atomic mass is 9.89. The quantitative estimate of drug-likeness (QED) is 0.842. The second-order valence-corrected chi connectivity index (χ2v) is 7.86. The number of likely N-dealkylation sites (tertiary alicyclic amines) is 1. The van der Waals surface area contributed by atoms with Crippen LogP contribution in [0.25, 0.3) is 0 Å². The highest BCUT2D eigenvalue weighted by Crippen LogP contribution is 2.24. The highest BCUT2D eigenvalue weighted by Gasteiger charge is 2.32. The van der Waals surface area contributed by atoms with Crippen molar-refractivity contribution in [3.63, 3.8) is 0 Å². The van der Waals surface area contributed by atoms with Gasteiger partial charge in [-0.15, -0.1) is 0 Å². The zero-order valence-corrected chi connectivity index (χ0v) is 16.0. The summed E-state index contributed by atoms with van der Waals surface area (Å²) >= 11 is 0. The zero-order chi connectivity index (χ0) is 18.5. The lowest BCUT2D eigenvalue weighted by Crippen LogP contribution is -2.48. The number of aliphatic hydroxyl groups excluding tert-OH is 1. The van der Waals surface area contributed by atoms with Crippen LogP contribution >= 0.6 is 0 Å². The summed E-state index contributed by atoms with van der Waals surface area (Å²) < 4.78 is 0. The summed E-state index contributed by atoms with van der Waals surface area (Å²) in [6, 6.07) is 0. The van der Waals surface area contributed by atoms with Crippen molar-refractivity contribution >= 4 is 5.91 Å². The predicted molar refractivity (Wildman–Crippen MR) is 99.9 cm³/mol. The Morgan fingerprint density at radius 2 is 1.96 bits per heavy atom. The number of likely N-dealkylation sites (N-methyl/N-ethyl adjacent to an activating group) is 1. The molecule has 0 saturated carbocycles. The van der Waals surface area contributed by atoms with Gasteiger partial charge in [-0.25, -0.2) is 4.98 Å². The Labute approximate surface area is 156 Å². The molecule has 2 saturated heterocycles. The lowest BCUT2D eigenvalue weighted by molar-refractivity contribution is 0.0448. The Balaban J connectivity index is 1.64. The molecule has 1 amide bonds. The summed E-state index contributed by atoms with van der Waals surface area (Å²) in [6.45, 7) is 8.75. The standard InChI is InChI=1S/C19H31N5O2/c1-15-9-21-18(10-20-15)19(26)24-12-16(8-17(13-24)14-25)11-23-5-3-4-22(2)6-7-23/h9-10,16-17,25H,3-8,11-14H2,1-2H3/t16-,17+/m1/s1. The Kier molecular flexibility index (Phi) is 6.56. The number of hydrogen-bond donors (Lipinski definition) is 1. The summed E-state index contributed by atoms with van der Waals surface area (Å²) in [6.07, 6.45) is 5.35. The van der Waals surface area contributed by atoms with Crippen LogP contribution in [0.1, 0.15) is 29.0 Å². The van der Waals surface area contributed by atoms with E-state index in [0.29, 0.717) is 18.2 Å². The first-order valence-electron chi connectivity index (χ1n) is 9.65. The SMILES string of the molecule is Cc1cnc(C(=O)N2C[C@@H](CN3CCCN(C)CC3)C[C@H](CO)C2)cn1. The summed E-state index contributed by atoms with van der Waals surface area (Å²) in [4.78, 5) is 28.0. The molecule has 2 atom stereocenters. The normalized spacial score (nSPS) is 25.9. The zero-order valence-electron chi connectivity index (χ0n) is 16.0. The molecule has 0 bridgehead atoms. The fourth-order valence-corrected chi connectivity index (χ4v) is 4.06. The molecule has 7 nitrogen and oxygen atoms in total. The molecule has 0 radical (unpaired) electrons. The Morgan fingerprint density at radius 1 is 1.15 bits per heavy atom. The van der Waals surface area contributed by atoms with Gasteiger partial charge in [-0.2, -0.15) is 0 Å². The molecule has 1 N–H and O–H groups in total. The van der Waals surface area contributed by atoms with Gasteiger partial charge < -0.3 is 19.8 Å². The molecule has 3 rings (SSSR count). The number of carbonyl (C=O) groups is 1. The lowest BCUT2D eigenvalue weighted by Gasteiger charge is -2.39. The number of aryl methyl sites for hydroxylation is 1. The summed E-state index contributed by atoms with van der Waals surface area (Å²) in [5.74, 6) is 0.466. The van der Waals surface area contributed by atoms with Crippen LogP contribution in [0, 0.1) is 18.8 Å². The van der Waals surface area contributed by atoms with Crippen molar-refractivity contribution in [3.05, 3.63) is 23.8 Å². The van der Waals surface area contributed by atoms with Gasteiger partial charge in [0.25, 0.3) is 5.91 Å². The number of rotatable bonds is 4. The molecule has 0 unspecified atom stereocenters. The van der Waals surface area contributed by atoms with Gasteiger partial charge in [-0.1, -0.05) is 0 Å². The minimum Gasteiger partial charge on any atom is -0.396 e. The average molecular weight is 361 g/mol. The number of carbonyl (C=O) groups excluding carboxylic acids is 1. The van der Waals surface area contributed by atoms with E-state index in [-0.39, 0.29) is 18.4 Å². The van der Waals surface area contributed by atoms with Gasteiger partial charge in [0.05, 0.1) is 11.9 Å². The molecule has 1 aromatic rings. The molecule has 1 aromatic heterocycles. The Bertz CT molecular complexity index is 594. The fraction of sp³-hybridized carbons (Fsp3) is 0.737. The van der Waals surface area contributed by atoms with Crippen molar-refractivity contribution in [3.8, 4) is 0 Å². The van der Waals surface area contributed by atoms with Gasteiger partial charge in [0.2, 0.25) is 0 Å². The summed E-state index contributed by atoms with van der Waals surface area (Å²) in [5, 5.41) is 9.71. The van der Waals surface area contributed by atoms with Crippen molar-refractivity contribution in [1.29, 1.82) is 0 Å². The number of piperidine rings is 1. The van der Waals surface area contributed by atoms with Gasteiger partial charge >= 0.3 is 0 Å². The van der Waals surface area contributed by atoms with Crippen LogP contribution in [0.5, 0.6) is 0 Å². The van der Waals surface area contributed by atoms with Gasteiger partial charge in [-0.3, -0.25) is 9.78 Å². The van der Waals surface area contributed by atoms with Gasteiger partial charge in [-0.05, 0) is 51.7 Å². The molecule has 2 aliphatic rings. The maximum absolute atomic E-state index is 12.8. The largest absolute Gasteiger partial charge is 0.396 e. The van der Waals surface area contributed by atoms with E-state index >= 15 is 0 Å². The fourth-order valence-electron chi connectivity index (χ4n) is 4.06. The second-order valence-electron chi connectivity index (χ2n) is 7.86. The highest BCUT2D eigenvalue weighted by molar-refractivity contribution is 5.92. The molecule has 3 heterocycles. The smallest absolute Gasteiger partial charge is 0.274 e. The molecule has 2 fully saturated rings. The third-order valence-corrected chi connectivity index (χ3v) is 5.50. The monoisotopic (exact) mass is 361 g/mol. The Morgan fingerprint density at radius 3 is 2.69 bits per heavy atom. The van der Waals surface area contributed by atoms with Crippen LogP contribution in [0.15, 0.2) is 12.4 Å². The van der Waals surface area contributed by atoms with Crippen molar-refractivity contribution < 1.29 is 9.90 Å². The number of aliphatic hydroxyl groups is 1. The number of amides is 1. The number of hydrogen-bond acceptors (Lipinski definition) is 6. The average Bonchev–Trinajstić information content (AvgIpc) is 2.85. The van der Waals surface area contributed by atoms with E-state index in [2.05, 4.69) is 26.8 Å². The van der Waals surface area contributed by atoms with E-state index in [9.17, 15) is 9.90 Å². The minimum absolute atomic E-state index is 0.0729. The predicted octanol–water partition coefficient (Wildman–Crippen LogP) is 0.493. The number of nitrogens with zero attached hydrogens (tertiary/aromatic N) is 5. The third kappa shape index (κ3) is 4.99. The highest BCUT2D eigenvalue weighted by atomic mass is 16.3. The molecule has 7 heteroatoms. The van der Waals surface area contributed by atoms with E-state index in [0.717, 1.165) is 51.4 Å². The van der Waals surface area contributed by atoms with Crippen molar-refractivity contribution in [2.45, 2.75) is 19.8 Å². The molecule has 2 aliphatic heterocycles. The van der Waals surface area contributed by atoms with E-state index < -0.39 is 0 Å². The van der Waals surface area contributed by atoms with E-state index in [4.69, 9.17) is 0 Å². The first-order valence-corrected chi connectivity index (χ1v) is 9.65. The van der Waals surface area contributed by atoms with Crippen LogP contribution in [-0.2, 0) is 0 Å². The second kappa shape index (κ2) is 8.88. The minimum atomic E-state index is -0.0729. The van der Waals surface area contributed by atoms with Crippen LogP contribution in [0.2, 0.25) is 0 Å². The van der Waals surface area contributed by atoms with Crippen molar-refractivity contribution in [1.82, 2.24) is 24.7 Å². The van der Waals surface area contributed by atoms with Crippen LogP contribution in [-0.4, -0.2) is 95.1 Å². The molecule has 144 valence electrons. The molecule has 0 aliphatic carbocycles.